The minimum atomic E-state index is -0.396. The molecule has 0 aromatic heterocycles. The van der Waals surface area contributed by atoms with Gasteiger partial charge in [0.2, 0.25) is 0 Å². The highest BCUT2D eigenvalue weighted by Gasteiger charge is 2.26. The van der Waals surface area contributed by atoms with Crippen LogP contribution < -0.4 is 0 Å². The van der Waals surface area contributed by atoms with Crippen LogP contribution >= 0.6 is 0 Å². The first kappa shape index (κ1) is 11.6. The van der Waals surface area contributed by atoms with Crippen LogP contribution in [0.15, 0.2) is 24.3 Å². The average molecular weight is 230 g/mol. The van der Waals surface area contributed by atoms with E-state index in [1.165, 1.54) is 12.1 Å². The summed E-state index contributed by atoms with van der Waals surface area (Å²) in [6.45, 7) is 0. The summed E-state index contributed by atoms with van der Waals surface area (Å²) in [5.41, 5.74) is 1.17. The Labute approximate surface area is 100 Å². The second-order valence-corrected chi connectivity index (χ2v) is 4.48. The Morgan fingerprint density at radius 3 is 2.47 bits per heavy atom. The summed E-state index contributed by atoms with van der Waals surface area (Å²) >= 11 is 0. The molecule has 0 saturated heterocycles. The molecule has 1 aliphatic rings. The Balaban J connectivity index is 2.21. The Morgan fingerprint density at radius 2 is 1.88 bits per heavy atom. The number of hydrogen-bond acceptors (Lipinski definition) is 3. The summed E-state index contributed by atoms with van der Waals surface area (Å²) in [4.78, 5) is 10.2. The average Bonchev–Trinajstić information content (AvgIpc) is 2.39. The maximum atomic E-state index is 10.6. The summed E-state index contributed by atoms with van der Waals surface area (Å²) in [5, 5.41) is 19.7. The first-order valence-corrected chi connectivity index (χ1v) is 5.86. The van der Waals surface area contributed by atoms with E-state index in [1.54, 1.807) is 12.1 Å². The lowest BCUT2D eigenvalue weighted by molar-refractivity contribution is -0.384. The summed E-state index contributed by atoms with van der Waals surface area (Å²) in [6, 6.07) is 8.99. The fourth-order valence-electron chi connectivity index (χ4n) is 2.53. The van der Waals surface area contributed by atoms with Crippen molar-refractivity contribution in [2.45, 2.75) is 31.6 Å². The molecule has 2 atom stereocenters. The summed E-state index contributed by atoms with van der Waals surface area (Å²) < 4.78 is 0. The van der Waals surface area contributed by atoms with Gasteiger partial charge < -0.3 is 0 Å². The lowest BCUT2D eigenvalue weighted by Gasteiger charge is -2.26. The molecule has 1 fully saturated rings. The third-order valence-corrected chi connectivity index (χ3v) is 3.46. The van der Waals surface area contributed by atoms with E-state index < -0.39 is 4.92 Å². The smallest absolute Gasteiger partial charge is 0.258 e. The minimum Gasteiger partial charge on any atom is -0.258 e. The van der Waals surface area contributed by atoms with Crippen LogP contribution in [0.1, 0.15) is 37.2 Å². The number of nitrogens with zero attached hydrogens (tertiary/aromatic N) is 2. The molecule has 1 aliphatic carbocycles. The fraction of sp³-hybridized carbons (Fsp3) is 0.462. The zero-order valence-corrected chi connectivity index (χ0v) is 9.50. The Kier molecular flexibility index (Phi) is 3.38. The number of nitro groups is 1. The number of rotatable bonds is 2. The molecular formula is C13H14N2O2. The van der Waals surface area contributed by atoms with E-state index in [2.05, 4.69) is 6.07 Å². The van der Waals surface area contributed by atoms with E-state index in [-0.39, 0.29) is 17.5 Å². The van der Waals surface area contributed by atoms with Gasteiger partial charge in [0, 0.05) is 12.1 Å². The SMILES string of the molecule is N#CC1CCCCC1c1ccc([N+](=O)[O-])cc1. The number of benzene rings is 1. The highest BCUT2D eigenvalue weighted by atomic mass is 16.6. The monoisotopic (exact) mass is 230 g/mol. The van der Waals surface area contributed by atoms with E-state index >= 15 is 0 Å². The molecular weight excluding hydrogens is 216 g/mol. The van der Waals surface area contributed by atoms with Crippen LogP contribution in [0.5, 0.6) is 0 Å². The third-order valence-electron chi connectivity index (χ3n) is 3.46. The molecule has 0 radical (unpaired) electrons. The van der Waals surface area contributed by atoms with Crippen molar-refractivity contribution in [3.63, 3.8) is 0 Å². The van der Waals surface area contributed by atoms with E-state index in [9.17, 15) is 10.1 Å². The molecule has 0 amide bonds. The Bertz CT molecular complexity index is 447. The largest absolute Gasteiger partial charge is 0.269 e. The predicted molar refractivity (Wildman–Crippen MR) is 63.4 cm³/mol. The van der Waals surface area contributed by atoms with Gasteiger partial charge in [-0.25, -0.2) is 0 Å². The topological polar surface area (TPSA) is 66.9 Å². The van der Waals surface area contributed by atoms with Crippen LogP contribution in [0, 0.1) is 27.4 Å². The van der Waals surface area contributed by atoms with E-state index in [1.807, 2.05) is 0 Å². The molecule has 0 heterocycles. The second kappa shape index (κ2) is 4.96. The molecule has 1 saturated carbocycles. The number of non-ortho nitro benzene ring substituents is 1. The van der Waals surface area contributed by atoms with E-state index in [0.29, 0.717) is 0 Å². The Morgan fingerprint density at radius 1 is 1.24 bits per heavy atom. The maximum absolute atomic E-state index is 10.6. The zero-order valence-electron chi connectivity index (χ0n) is 9.50. The first-order valence-electron chi connectivity index (χ1n) is 5.86. The fourth-order valence-corrected chi connectivity index (χ4v) is 2.53. The molecule has 1 aromatic rings. The lowest BCUT2D eigenvalue weighted by atomic mass is 9.76. The van der Waals surface area contributed by atoms with Crippen molar-refractivity contribution in [1.29, 1.82) is 5.26 Å². The summed E-state index contributed by atoms with van der Waals surface area (Å²) in [6.07, 6.45) is 4.20. The van der Waals surface area contributed by atoms with Gasteiger partial charge in [0.15, 0.2) is 0 Å². The van der Waals surface area contributed by atoms with Crippen molar-refractivity contribution in [2.75, 3.05) is 0 Å². The van der Waals surface area contributed by atoms with Gasteiger partial charge in [-0.3, -0.25) is 10.1 Å². The van der Waals surface area contributed by atoms with Crippen molar-refractivity contribution in [1.82, 2.24) is 0 Å². The summed E-state index contributed by atoms with van der Waals surface area (Å²) in [7, 11) is 0. The van der Waals surface area contributed by atoms with Gasteiger partial charge in [0.05, 0.1) is 16.9 Å². The molecule has 0 bridgehead atoms. The van der Waals surface area contributed by atoms with Crippen molar-refractivity contribution in [2.24, 2.45) is 5.92 Å². The van der Waals surface area contributed by atoms with E-state index in [4.69, 9.17) is 5.26 Å². The number of hydrogen-bond donors (Lipinski definition) is 0. The van der Waals surface area contributed by atoms with Crippen LogP contribution in [0.25, 0.3) is 0 Å². The van der Waals surface area contributed by atoms with Crippen molar-refractivity contribution in [3.05, 3.63) is 39.9 Å². The first-order chi connectivity index (χ1) is 8.22. The van der Waals surface area contributed by atoms with Crippen LogP contribution in [0.4, 0.5) is 5.69 Å². The van der Waals surface area contributed by atoms with Gasteiger partial charge in [-0.1, -0.05) is 25.0 Å². The van der Waals surface area contributed by atoms with Gasteiger partial charge in [-0.15, -0.1) is 0 Å². The van der Waals surface area contributed by atoms with Crippen molar-refractivity contribution >= 4 is 5.69 Å². The normalized spacial score (nSPS) is 23.9. The molecule has 17 heavy (non-hydrogen) atoms. The van der Waals surface area contributed by atoms with Crippen LogP contribution in [0.2, 0.25) is 0 Å². The van der Waals surface area contributed by atoms with E-state index in [0.717, 1.165) is 31.2 Å². The maximum Gasteiger partial charge on any atom is 0.269 e. The van der Waals surface area contributed by atoms with Gasteiger partial charge in [-0.05, 0) is 24.3 Å². The quantitative estimate of drug-likeness (QED) is 0.577. The molecule has 0 aliphatic heterocycles. The lowest BCUT2D eigenvalue weighted by Crippen LogP contribution is -2.16. The van der Waals surface area contributed by atoms with Gasteiger partial charge in [0.1, 0.15) is 0 Å². The second-order valence-electron chi connectivity index (χ2n) is 4.48. The molecule has 0 spiro atoms. The van der Waals surface area contributed by atoms with Crippen molar-refractivity contribution in [3.8, 4) is 6.07 Å². The highest BCUT2D eigenvalue weighted by Crippen LogP contribution is 2.37. The van der Waals surface area contributed by atoms with Crippen LogP contribution in [-0.2, 0) is 0 Å². The molecule has 2 unspecified atom stereocenters. The van der Waals surface area contributed by atoms with Crippen LogP contribution in [0.3, 0.4) is 0 Å². The minimum absolute atomic E-state index is 0.0604. The molecule has 2 rings (SSSR count). The standard InChI is InChI=1S/C13H14N2O2/c14-9-11-3-1-2-4-13(11)10-5-7-12(8-6-10)15(16)17/h5-8,11,13H,1-4H2. The molecule has 4 nitrogen and oxygen atoms in total. The van der Waals surface area contributed by atoms with Crippen LogP contribution in [-0.4, -0.2) is 4.92 Å². The Hall–Kier alpha value is -1.89. The predicted octanol–water partition coefficient (Wildman–Crippen LogP) is 3.39. The molecule has 1 aromatic carbocycles. The van der Waals surface area contributed by atoms with Gasteiger partial charge >= 0.3 is 0 Å². The molecule has 0 N–H and O–H groups in total. The molecule has 4 heteroatoms. The van der Waals surface area contributed by atoms with Crippen molar-refractivity contribution < 1.29 is 4.92 Å². The number of nitriles is 1. The number of nitro benzene ring substituents is 1. The highest BCUT2D eigenvalue weighted by molar-refractivity contribution is 5.35. The zero-order chi connectivity index (χ0) is 12.3. The van der Waals surface area contributed by atoms with Gasteiger partial charge in [0.25, 0.3) is 5.69 Å². The molecule has 88 valence electrons. The van der Waals surface area contributed by atoms with Gasteiger partial charge in [-0.2, -0.15) is 5.26 Å². The summed E-state index contributed by atoms with van der Waals surface area (Å²) in [5.74, 6) is 0.305. The third kappa shape index (κ3) is 2.44.